The summed E-state index contributed by atoms with van der Waals surface area (Å²) in [6.45, 7) is 8.79. The van der Waals surface area contributed by atoms with E-state index in [0.29, 0.717) is 12.5 Å². The van der Waals surface area contributed by atoms with Crippen molar-refractivity contribution in [3.63, 3.8) is 0 Å². The van der Waals surface area contributed by atoms with Crippen molar-refractivity contribution in [2.75, 3.05) is 6.54 Å². The maximum absolute atomic E-state index is 11.9. The molecule has 0 spiro atoms. The smallest absolute Gasteiger partial charge is 0.237 e. The molecule has 1 heterocycles. The summed E-state index contributed by atoms with van der Waals surface area (Å²) in [5, 5.41) is 2.95. The summed E-state index contributed by atoms with van der Waals surface area (Å²) in [5.41, 5.74) is 6.99. The summed E-state index contributed by atoms with van der Waals surface area (Å²) in [4.78, 5) is 16.0. The molecule has 1 aromatic heterocycles. The van der Waals surface area contributed by atoms with Crippen molar-refractivity contribution in [3.8, 4) is 0 Å². The molecule has 1 rings (SSSR count). The van der Waals surface area contributed by atoms with Crippen molar-refractivity contribution in [2.45, 2.75) is 39.7 Å². The van der Waals surface area contributed by atoms with E-state index in [0.717, 1.165) is 5.56 Å². The van der Waals surface area contributed by atoms with Gasteiger partial charge in [-0.25, -0.2) is 0 Å². The van der Waals surface area contributed by atoms with Crippen molar-refractivity contribution in [2.24, 2.45) is 17.6 Å². The highest BCUT2D eigenvalue weighted by molar-refractivity contribution is 5.85. The van der Waals surface area contributed by atoms with Crippen LogP contribution in [0.5, 0.6) is 0 Å². The summed E-state index contributed by atoms with van der Waals surface area (Å²) in [7, 11) is 0. The van der Waals surface area contributed by atoms with Crippen molar-refractivity contribution in [3.05, 3.63) is 30.1 Å². The quantitative estimate of drug-likeness (QED) is 0.847. The summed E-state index contributed by atoms with van der Waals surface area (Å²) in [6, 6.07) is 3.53. The fraction of sp³-hybridized carbons (Fsp3) is 0.600. The van der Waals surface area contributed by atoms with Crippen molar-refractivity contribution in [1.82, 2.24) is 10.3 Å². The Labute approximate surface area is 128 Å². The number of halogens is 1. The van der Waals surface area contributed by atoms with Crippen LogP contribution < -0.4 is 11.1 Å². The molecular weight excluding hydrogens is 274 g/mol. The Morgan fingerprint density at radius 2 is 1.95 bits per heavy atom. The van der Waals surface area contributed by atoms with Crippen LogP contribution in [-0.2, 0) is 4.79 Å². The first-order chi connectivity index (χ1) is 8.93. The standard InChI is InChI=1S/C15H25N3O.ClH/c1-10(2)13(12-6-5-7-17-8-12)9-18-15(19)14(16)11(3)4;/h5-8,10-11,13-14H,9,16H2,1-4H3,(H,18,19);1H/t13?,14-;/m0./s1. The van der Waals surface area contributed by atoms with Crippen LogP contribution >= 0.6 is 12.4 Å². The third-order valence-electron chi connectivity index (χ3n) is 3.43. The second-order valence-corrected chi connectivity index (χ2v) is 5.65. The fourth-order valence-electron chi connectivity index (χ4n) is 1.96. The average Bonchev–Trinajstić information content (AvgIpc) is 2.38. The number of carbonyl (C=O) groups is 1. The SMILES string of the molecule is CC(C)C(CNC(=O)[C@@H](N)C(C)C)c1cccnc1.Cl. The Bertz CT molecular complexity index is 395. The van der Waals surface area contributed by atoms with Crippen LogP contribution in [0.2, 0.25) is 0 Å². The van der Waals surface area contributed by atoms with E-state index in [-0.39, 0.29) is 30.2 Å². The van der Waals surface area contributed by atoms with Gasteiger partial charge in [0.05, 0.1) is 6.04 Å². The van der Waals surface area contributed by atoms with E-state index in [2.05, 4.69) is 24.1 Å². The lowest BCUT2D eigenvalue weighted by atomic mass is 9.89. The number of rotatable bonds is 6. The minimum Gasteiger partial charge on any atom is -0.354 e. The van der Waals surface area contributed by atoms with Gasteiger partial charge in [-0.15, -0.1) is 12.4 Å². The van der Waals surface area contributed by atoms with Gasteiger partial charge < -0.3 is 11.1 Å². The van der Waals surface area contributed by atoms with Gasteiger partial charge in [-0.3, -0.25) is 9.78 Å². The minimum absolute atomic E-state index is 0. The normalized spacial score (nSPS) is 13.8. The monoisotopic (exact) mass is 299 g/mol. The van der Waals surface area contributed by atoms with Gasteiger partial charge in [-0.2, -0.15) is 0 Å². The van der Waals surface area contributed by atoms with Gasteiger partial charge in [0.2, 0.25) is 5.91 Å². The molecule has 0 aliphatic rings. The van der Waals surface area contributed by atoms with E-state index in [1.807, 2.05) is 32.2 Å². The maximum atomic E-state index is 11.9. The predicted octanol–water partition coefficient (Wildman–Crippen LogP) is 2.34. The molecule has 0 fully saturated rings. The van der Waals surface area contributed by atoms with Crippen LogP contribution in [0.1, 0.15) is 39.2 Å². The molecule has 0 radical (unpaired) electrons. The fourth-order valence-corrected chi connectivity index (χ4v) is 1.96. The van der Waals surface area contributed by atoms with Gasteiger partial charge >= 0.3 is 0 Å². The average molecular weight is 300 g/mol. The highest BCUT2D eigenvalue weighted by atomic mass is 35.5. The summed E-state index contributed by atoms with van der Waals surface area (Å²) in [6.07, 6.45) is 3.62. The number of nitrogens with two attached hydrogens (primary N) is 1. The second-order valence-electron chi connectivity index (χ2n) is 5.65. The number of nitrogens with zero attached hydrogens (tertiary/aromatic N) is 1. The molecule has 2 atom stereocenters. The first-order valence-electron chi connectivity index (χ1n) is 6.86. The lowest BCUT2D eigenvalue weighted by Gasteiger charge is -2.23. The van der Waals surface area contributed by atoms with Crippen molar-refractivity contribution < 1.29 is 4.79 Å². The lowest BCUT2D eigenvalue weighted by Crippen LogP contribution is -2.45. The van der Waals surface area contributed by atoms with E-state index < -0.39 is 6.04 Å². The highest BCUT2D eigenvalue weighted by Gasteiger charge is 2.21. The highest BCUT2D eigenvalue weighted by Crippen LogP contribution is 2.22. The van der Waals surface area contributed by atoms with Crippen LogP contribution in [-0.4, -0.2) is 23.5 Å². The van der Waals surface area contributed by atoms with Crippen molar-refractivity contribution in [1.29, 1.82) is 0 Å². The van der Waals surface area contributed by atoms with Crippen LogP contribution in [0, 0.1) is 11.8 Å². The molecule has 0 aromatic carbocycles. The zero-order valence-corrected chi connectivity index (χ0v) is 13.5. The third kappa shape index (κ3) is 5.47. The molecule has 0 saturated heterocycles. The van der Waals surface area contributed by atoms with Gasteiger partial charge in [-0.1, -0.05) is 33.8 Å². The van der Waals surface area contributed by atoms with Gasteiger partial charge in [0, 0.05) is 24.9 Å². The largest absolute Gasteiger partial charge is 0.354 e. The molecule has 0 aliphatic carbocycles. The van der Waals surface area contributed by atoms with Crippen LogP contribution in [0.3, 0.4) is 0 Å². The molecule has 114 valence electrons. The minimum atomic E-state index is -0.443. The topological polar surface area (TPSA) is 68.0 Å². The molecule has 0 aliphatic heterocycles. The van der Waals surface area contributed by atoms with Crippen LogP contribution in [0.4, 0.5) is 0 Å². The maximum Gasteiger partial charge on any atom is 0.237 e. The Morgan fingerprint density at radius 3 is 2.40 bits per heavy atom. The zero-order valence-electron chi connectivity index (χ0n) is 12.7. The van der Waals surface area contributed by atoms with Crippen LogP contribution in [0.15, 0.2) is 24.5 Å². The van der Waals surface area contributed by atoms with E-state index in [9.17, 15) is 4.79 Å². The molecule has 3 N–H and O–H groups in total. The Kier molecular flexibility index (Phi) is 8.42. The summed E-state index contributed by atoms with van der Waals surface area (Å²) in [5.74, 6) is 0.761. The Hall–Kier alpha value is -1.13. The first-order valence-corrected chi connectivity index (χ1v) is 6.86. The van der Waals surface area contributed by atoms with Gasteiger partial charge in [0.15, 0.2) is 0 Å². The number of pyridine rings is 1. The molecule has 0 saturated carbocycles. The van der Waals surface area contributed by atoms with Crippen LogP contribution in [0.25, 0.3) is 0 Å². The lowest BCUT2D eigenvalue weighted by molar-refractivity contribution is -0.123. The van der Waals surface area contributed by atoms with Gasteiger partial charge in [0.1, 0.15) is 0 Å². The van der Waals surface area contributed by atoms with Crippen molar-refractivity contribution >= 4 is 18.3 Å². The number of nitrogens with one attached hydrogen (secondary N) is 1. The number of hydrogen-bond acceptors (Lipinski definition) is 3. The molecule has 1 unspecified atom stereocenters. The third-order valence-corrected chi connectivity index (χ3v) is 3.43. The molecule has 1 aromatic rings. The van der Waals surface area contributed by atoms with E-state index in [1.54, 1.807) is 6.20 Å². The zero-order chi connectivity index (χ0) is 14.4. The van der Waals surface area contributed by atoms with E-state index in [4.69, 9.17) is 5.73 Å². The number of carbonyl (C=O) groups excluding carboxylic acids is 1. The Morgan fingerprint density at radius 1 is 1.30 bits per heavy atom. The van der Waals surface area contributed by atoms with Gasteiger partial charge in [0.25, 0.3) is 0 Å². The van der Waals surface area contributed by atoms with E-state index in [1.165, 1.54) is 0 Å². The molecule has 4 nitrogen and oxygen atoms in total. The first kappa shape index (κ1) is 18.9. The van der Waals surface area contributed by atoms with E-state index >= 15 is 0 Å². The summed E-state index contributed by atoms with van der Waals surface area (Å²) < 4.78 is 0. The summed E-state index contributed by atoms with van der Waals surface area (Å²) >= 11 is 0. The number of aromatic nitrogens is 1. The molecule has 1 amide bonds. The molecule has 0 bridgehead atoms. The second kappa shape index (κ2) is 8.93. The predicted molar refractivity (Wildman–Crippen MR) is 84.9 cm³/mol. The number of amides is 1. The van der Waals surface area contributed by atoms with Gasteiger partial charge in [-0.05, 0) is 23.5 Å². The molecule has 20 heavy (non-hydrogen) atoms. The number of hydrogen-bond donors (Lipinski definition) is 2. The molecule has 5 heteroatoms. The Balaban J connectivity index is 0.00000361. The molecular formula is C15H26ClN3O.